The van der Waals surface area contributed by atoms with Crippen molar-refractivity contribution in [3.05, 3.63) is 41.5 Å². The zero-order valence-corrected chi connectivity index (χ0v) is 11.5. The van der Waals surface area contributed by atoms with Gasteiger partial charge in [0.15, 0.2) is 0 Å². The van der Waals surface area contributed by atoms with Gasteiger partial charge in [-0.25, -0.2) is 0 Å². The molecule has 1 heteroatoms. The maximum absolute atomic E-state index is 2.28. The second-order valence-electron chi connectivity index (χ2n) is 3.74. The molecule has 0 aliphatic heterocycles. The summed E-state index contributed by atoms with van der Waals surface area (Å²) in [6.45, 7) is 4.37. The van der Waals surface area contributed by atoms with Crippen molar-refractivity contribution in [2.75, 3.05) is 0 Å². The molecular weight excluding hydrogens is 184 g/mol. The Kier molecular flexibility index (Phi) is 4.67. The standard InChI is InChI=1S/C13H20Si/c1-3-4-11(2)13-7-5-12(6-8-13)9-10-14/h4-8H,3,9-10H2,1-2,14H3/b11-4-. The van der Waals surface area contributed by atoms with Crippen molar-refractivity contribution in [1.29, 1.82) is 0 Å². The van der Waals surface area contributed by atoms with E-state index in [-0.39, 0.29) is 0 Å². The minimum absolute atomic E-state index is 1.12. The lowest BCUT2D eigenvalue weighted by Gasteiger charge is -2.03. The van der Waals surface area contributed by atoms with Gasteiger partial charge >= 0.3 is 0 Å². The fraction of sp³-hybridized carbons (Fsp3) is 0.385. The first kappa shape index (κ1) is 11.3. The van der Waals surface area contributed by atoms with Gasteiger partial charge in [-0.05, 0) is 36.5 Å². The van der Waals surface area contributed by atoms with E-state index in [9.17, 15) is 0 Å². The first-order chi connectivity index (χ1) is 6.77. The largest absolute Gasteiger partial charge is 0.0813 e. The van der Waals surface area contributed by atoms with Gasteiger partial charge in [-0.2, -0.15) is 0 Å². The molecular formula is C13H20Si. The first-order valence-corrected chi connectivity index (χ1v) is 6.95. The van der Waals surface area contributed by atoms with E-state index in [2.05, 4.69) is 44.2 Å². The van der Waals surface area contributed by atoms with Crippen molar-refractivity contribution in [3.63, 3.8) is 0 Å². The molecule has 1 aromatic rings. The summed E-state index contributed by atoms with van der Waals surface area (Å²) in [5, 5.41) is 0. The summed E-state index contributed by atoms with van der Waals surface area (Å²) in [5.41, 5.74) is 4.24. The van der Waals surface area contributed by atoms with E-state index in [4.69, 9.17) is 0 Å². The summed E-state index contributed by atoms with van der Waals surface area (Å²) in [5.74, 6) is 0. The molecule has 0 aromatic heterocycles. The second kappa shape index (κ2) is 5.81. The molecule has 0 heterocycles. The summed E-state index contributed by atoms with van der Waals surface area (Å²) < 4.78 is 0. The summed E-state index contributed by atoms with van der Waals surface area (Å²) in [7, 11) is 1.31. The second-order valence-corrected chi connectivity index (χ2v) is 4.74. The molecule has 0 aliphatic carbocycles. The molecule has 0 N–H and O–H groups in total. The predicted octanol–water partition coefficient (Wildman–Crippen LogP) is 2.83. The first-order valence-electron chi connectivity index (χ1n) is 5.54. The lowest BCUT2D eigenvalue weighted by Crippen LogP contribution is -1.85. The maximum Gasteiger partial charge on any atom is 0.00321 e. The van der Waals surface area contributed by atoms with Gasteiger partial charge in [0, 0.05) is 10.2 Å². The Balaban J connectivity index is 2.77. The number of hydrogen-bond donors (Lipinski definition) is 0. The van der Waals surface area contributed by atoms with Crippen LogP contribution in [-0.4, -0.2) is 10.2 Å². The SMILES string of the molecule is CC/C=C(/C)c1ccc(CC[SiH3])cc1. The molecule has 0 fully saturated rings. The Bertz CT molecular complexity index is 296. The highest BCUT2D eigenvalue weighted by molar-refractivity contribution is 6.08. The van der Waals surface area contributed by atoms with E-state index in [0.29, 0.717) is 0 Å². The van der Waals surface area contributed by atoms with Crippen LogP contribution in [0.4, 0.5) is 0 Å². The third-order valence-corrected chi connectivity index (χ3v) is 2.96. The van der Waals surface area contributed by atoms with Crippen LogP contribution in [-0.2, 0) is 6.42 Å². The highest BCUT2D eigenvalue weighted by Gasteiger charge is 1.95. The van der Waals surface area contributed by atoms with Crippen LogP contribution in [0.2, 0.25) is 6.04 Å². The monoisotopic (exact) mass is 204 g/mol. The number of hydrogen-bond acceptors (Lipinski definition) is 0. The summed E-state index contributed by atoms with van der Waals surface area (Å²) in [4.78, 5) is 0. The van der Waals surface area contributed by atoms with Crippen molar-refractivity contribution >= 4 is 15.8 Å². The van der Waals surface area contributed by atoms with E-state index in [1.807, 2.05) is 0 Å². The highest BCUT2D eigenvalue weighted by Crippen LogP contribution is 2.15. The zero-order valence-electron chi connectivity index (χ0n) is 9.51. The van der Waals surface area contributed by atoms with Crippen LogP contribution in [0.15, 0.2) is 30.3 Å². The summed E-state index contributed by atoms with van der Waals surface area (Å²) >= 11 is 0. The van der Waals surface area contributed by atoms with Gasteiger partial charge in [0.25, 0.3) is 0 Å². The Labute approximate surface area is 90.5 Å². The van der Waals surface area contributed by atoms with Crippen molar-refractivity contribution in [1.82, 2.24) is 0 Å². The topological polar surface area (TPSA) is 0 Å². The van der Waals surface area contributed by atoms with Crippen LogP contribution < -0.4 is 0 Å². The Hall–Kier alpha value is -0.823. The molecule has 0 saturated carbocycles. The van der Waals surface area contributed by atoms with Crippen molar-refractivity contribution in [2.24, 2.45) is 0 Å². The Morgan fingerprint density at radius 1 is 1.29 bits per heavy atom. The average molecular weight is 204 g/mol. The molecule has 0 amide bonds. The molecule has 1 rings (SSSR count). The van der Waals surface area contributed by atoms with E-state index >= 15 is 0 Å². The number of benzene rings is 1. The predicted molar refractivity (Wildman–Crippen MR) is 68.8 cm³/mol. The molecule has 0 radical (unpaired) electrons. The van der Waals surface area contributed by atoms with Gasteiger partial charge in [0.05, 0.1) is 0 Å². The fourth-order valence-electron chi connectivity index (χ4n) is 1.65. The van der Waals surface area contributed by atoms with Crippen molar-refractivity contribution < 1.29 is 0 Å². The molecule has 0 nitrogen and oxygen atoms in total. The molecule has 0 spiro atoms. The van der Waals surface area contributed by atoms with E-state index < -0.39 is 0 Å². The zero-order chi connectivity index (χ0) is 10.4. The van der Waals surface area contributed by atoms with Crippen LogP contribution in [0.5, 0.6) is 0 Å². The molecule has 76 valence electrons. The molecule has 0 unspecified atom stereocenters. The number of allylic oxidation sites excluding steroid dienone is 2. The third kappa shape index (κ3) is 3.15. The van der Waals surface area contributed by atoms with Gasteiger partial charge in [0.1, 0.15) is 0 Å². The van der Waals surface area contributed by atoms with Gasteiger partial charge in [-0.15, -0.1) is 0 Å². The van der Waals surface area contributed by atoms with Gasteiger partial charge < -0.3 is 0 Å². The van der Waals surface area contributed by atoms with Crippen molar-refractivity contribution in [2.45, 2.75) is 32.7 Å². The molecule has 0 aliphatic rings. The minimum atomic E-state index is 1.12. The van der Waals surface area contributed by atoms with Crippen LogP contribution in [0.3, 0.4) is 0 Å². The molecule has 0 saturated heterocycles. The lowest BCUT2D eigenvalue weighted by molar-refractivity contribution is 1.13. The van der Waals surface area contributed by atoms with Crippen LogP contribution in [0, 0.1) is 0 Å². The minimum Gasteiger partial charge on any atom is -0.0813 e. The summed E-state index contributed by atoms with van der Waals surface area (Å²) in [6, 6.07) is 10.4. The van der Waals surface area contributed by atoms with Crippen LogP contribution in [0.1, 0.15) is 31.4 Å². The van der Waals surface area contributed by atoms with E-state index in [0.717, 1.165) is 6.42 Å². The molecule has 0 bridgehead atoms. The Morgan fingerprint density at radius 2 is 1.93 bits per heavy atom. The van der Waals surface area contributed by atoms with Crippen molar-refractivity contribution in [3.8, 4) is 0 Å². The lowest BCUT2D eigenvalue weighted by atomic mass is 10.0. The van der Waals surface area contributed by atoms with Gasteiger partial charge in [0.2, 0.25) is 0 Å². The quantitative estimate of drug-likeness (QED) is 0.662. The molecule has 0 atom stereocenters. The van der Waals surface area contributed by atoms with Crippen LogP contribution >= 0.6 is 0 Å². The average Bonchev–Trinajstić information content (AvgIpc) is 2.20. The normalized spacial score (nSPS) is 12.0. The smallest absolute Gasteiger partial charge is 0.00321 e. The van der Waals surface area contributed by atoms with E-state index in [1.165, 1.54) is 39.4 Å². The molecule has 1 aromatic carbocycles. The highest BCUT2D eigenvalue weighted by atomic mass is 28.1. The van der Waals surface area contributed by atoms with Crippen LogP contribution in [0.25, 0.3) is 5.57 Å². The van der Waals surface area contributed by atoms with Gasteiger partial charge in [-0.3, -0.25) is 0 Å². The third-order valence-electron chi connectivity index (χ3n) is 2.46. The van der Waals surface area contributed by atoms with Gasteiger partial charge in [-0.1, -0.05) is 43.3 Å². The maximum atomic E-state index is 2.28. The Morgan fingerprint density at radius 3 is 2.43 bits per heavy atom. The number of rotatable bonds is 4. The van der Waals surface area contributed by atoms with E-state index in [1.54, 1.807) is 0 Å². The molecule has 14 heavy (non-hydrogen) atoms. The fourth-order valence-corrected chi connectivity index (χ4v) is 2.22. The number of aryl methyl sites for hydroxylation is 1. The summed E-state index contributed by atoms with van der Waals surface area (Å²) in [6.07, 6.45) is 4.65.